The fourth-order valence-corrected chi connectivity index (χ4v) is 2.86. The minimum atomic E-state index is 0.545. The molecule has 0 spiro atoms. The van der Waals surface area contributed by atoms with Gasteiger partial charge in [-0.2, -0.15) is 5.26 Å². The summed E-state index contributed by atoms with van der Waals surface area (Å²) in [5, 5.41) is 8.66. The summed E-state index contributed by atoms with van der Waals surface area (Å²) in [7, 11) is 0. The van der Waals surface area contributed by atoms with Gasteiger partial charge in [-0.3, -0.25) is 4.90 Å². The summed E-state index contributed by atoms with van der Waals surface area (Å²) in [6, 6.07) is 8.67. The van der Waals surface area contributed by atoms with Crippen LogP contribution in [0.4, 0.5) is 5.69 Å². The van der Waals surface area contributed by atoms with Crippen LogP contribution >= 0.6 is 15.9 Å². The summed E-state index contributed by atoms with van der Waals surface area (Å²) in [6.45, 7) is 6.55. The zero-order chi connectivity index (χ0) is 12.3. The first kappa shape index (κ1) is 12.4. The monoisotopic (exact) mass is 293 g/mol. The number of hydrogen-bond acceptors (Lipinski definition) is 3. The van der Waals surface area contributed by atoms with E-state index in [0.29, 0.717) is 6.54 Å². The molecule has 1 saturated heterocycles. The molecule has 0 atom stereocenters. The molecule has 0 N–H and O–H groups in total. The molecule has 1 heterocycles. The highest BCUT2D eigenvalue weighted by molar-refractivity contribution is 9.10. The molecular formula is C13H16BrN3. The number of nitriles is 1. The van der Waals surface area contributed by atoms with Crippen LogP contribution in [-0.2, 0) is 0 Å². The lowest BCUT2D eigenvalue weighted by Gasteiger charge is -2.35. The molecule has 1 aromatic rings. The summed E-state index contributed by atoms with van der Waals surface area (Å²) >= 11 is 3.62. The van der Waals surface area contributed by atoms with Crippen molar-refractivity contribution in [2.75, 3.05) is 37.6 Å². The third-order valence-electron chi connectivity index (χ3n) is 3.11. The van der Waals surface area contributed by atoms with E-state index in [1.807, 2.05) is 0 Å². The first-order valence-electron chi connectivity index (χ1n) is 5.81. The van der Waals surface area contributed by atoms with Gasteiger partial charge in [-0.1, -0.05) is 6.07 Å². The third-order valence-corrected chi connectivity index (χ3v) is 3.75. The fraction of sp³-hybridized carbons (Fsp3) is 0.462. The minimum Gasteiger partial charge on any atom is -0.368 e. The Morgan fingerprint density at radius 2 is 2.00 bits per heavy atom. The second kappa shape index (κ2) is 5.52. The minimum absolute atomic E-state index is 0.545. The van der Waals surface area contributed by atoms with Crippen LogP contribution in [0.1, 0.15) is 5.56 Å². The molecule has 2 rings (SSSR count). The third kappa shape index (κ3) is 2.99. The molecular weight excluding hydrogens is 278 g/mol. The van der Waals surface area contributed by atoms with Gasteiger partial charge in [0.15, 0.2) is 0 Å². The van der Waals surface area contributed by atoms with E-state index in [4.69, 9.17) is 5.26 Å². The van der Waals surface area contributed by atoms with Gasteiger partial charge in [0.25, 0.3) is 0 Å². The van der Waals surface area contributed by atoms with Gasteiger partial charge in [-0.15, -0.1) is 0 Å². The molecule has 3 nitrogen and oxygen atoms in total. The molecule has 1 aliphatic heterocycles. The van der Waals surface area contributed by atoms with E-state index < -0.39 is 0 Å². The van der Waals surface area contributed by atoms with E-state index in [9.17, 15) is 0 Å². The average molecular weight is 294 g/mol. The maximum Gasteiger partial charge on any atom is 0.0867 e. The molecule has 1 aliphatic rings. The molecule has 0 aromatic heterocycles. The largest absolute Gasteiger partial charge is 0.368 e. The summed E-state index contributed by atoms with van der Waals surface area (Å²) in [5.74, 6) is 0. The lowest BCUT2D eigenvalue weighted by atomic mass is 10.2. The zero-order valence-corrected chi connectivity index (χ0v) is 11.6. The lowest BCUT2D eigenvalue weighted by Crippen LogP contribution is -2.46. The van der Waals surface area contributed by atoms with Crippen molar-refractivity contribution in [3.8, 4) is 6.07 Å². The van der Waals surface area contributed by atoms with Gasteiger partial charge in [0.2, 0.25) is 0 Å². The zero-order valence-electron chi connectivity index (χ0n) is 9.99. The number of benzene rings is 1. The first-order valence-corrected chi connectivity index (χ1v) is 6.60. The second-order valence-corrected chi connectivity index (χ2v) is 5.23. The summed E-state index contributed by atoms with van der Waals surface area (Å²) in [4.78, 5) is 4.57. The topological polar surface area (TPSA) is 30.3 Å². The Labute approximate surface area is 111 Å². The second-order valence-electron chi connectivity index (χ2n) is 4.38. The van der Waals surface area contributed by atoms with E-state index in [-0.39, 0.29) is 0 Å². The molecule has 17 heavy (non-hydrogen) atoms. The Kier molecular flexibility index (Phi) is 4.03. The van der Waals surface area contributed by atoms with Crippen LogP contribution in [-0.4, -0.2) is 37.6 Å². The van der Waals surface area contributed by atoms with Crippen LogP contribution in [0.2, 0.25) is 0 Å². The predicted octanol–water partition coefficient (Wildman–Crippen LogP) is 2.40. The molecule has 90 valence electrons. The average Bonchev–Trinajstić information content (AvgIpc) is 2.31. The molecule has 0 bridgehead atoms. The van der Waals surface area contributed by atoms with Gasteiger partial charge in [0.1, 0.15) is 0 Å². The van der Waals surface area contributed by atoms with Crippen LogP contribution < -0.4 is 4.90 Å². The van der Waals surface area contributed by atoms with Crippen LogP contribution in [0.25, 0.3) is 0 Å². The van der Waals surface area contributed by atoms with Gasteiger partial charge in [0.05, 0.1) is 18.3 Å². The highest BCUT2D eigenvalue weighted by Gasteiger charge is 2.18. The Balaban J connectivity index is 2.03. The van der Waals surface area contributed by atoms with Gasteiger partial charge in [-0.25, -0.2) is 0 Å². The van der Waals surface area contributed by atoms with Gasteiger partial charge < -0.3 is 4.90 Å². The van der Waals surface area contributed by atoms with Crippen molar-refractivity contribution in [1.29, 1.82) is 5.26 Å². The number of halogens is 1. The highest BCUT2D eigenvalue weighted by atomic mass is 79.9. The van der Waals surface area contributed by atoms with Crippen molar-refractivity contribution < 1.29 is 0 Å². The van der Waals surface area contributed by atoms with Crippen LogP contribution in [0.3, 0.4) is 0 Å². The lowest BCUT2D eigenvalue weighted by molar-refractivity contribution is 0.287. The smallest absolute Gasteiger partial charge is 0.0867 e. The number of piperazine rings is 1. The Hall–Kier alpha value is -1.05. The molecule has 1 aromatic carbocycles. The van der Waals surface area contributed by atoms with Crippen molar-refractivity contribution >= 4 is 21.6 Å². The van der Waals surface area contributed by atoms with Crippen LogP contribution in [0.5, 0.6) is 0 Å². The quantitative estimate of drug-likeness (QED) is 0.785. The van der Waals surface area contributed by atoms with E-state index >= 15 is 0 Å². The normalized spacial score (nSPS) is 16.9. The van der Waals surface area contributed by atoms with Crippen molar-refractivity contribution in [3.63, 3.8) is 0 Å². The first-order chi connectivity index (χ1) is 8.20. The molecule has 0 radical (unpaired) electrons. The molecule has 0 saturated carbocycles. The summed E-state index contributed by atoms with van der Waals surface area (Å²) in [6.07, 6.45) is 0. The molecule has 0 aliphatic carbocycles. The predicted molar refractivity (Wildman–Crippen MR) is 73.1 cm³/mol. The maximum atomic E-state index is 8.66. The maximum absolute atomic E-state index is 8.66. The van der Waals surface area contributed by atoms with E-state index in [2.05, 4.69) is 56.9 Å². The number of aryl methyl sites for hydroxylation is 1. The van der Waals surface area contributed by atoms with Crippen LogP contribution in [0.15, 0.2) is 22.7 Å². The van der Waals surface area contributed by atoms with Crippen molar-refractivity contribution in [1.82, 2.24) is 4.90 Å². The summed E-state index contributed by atoms with van der Waals surface area (Å²) < 4.78 is 1.16. The van der Waals surface area contributed by atoms with Gasteiger partial charge in [0, 0.05) is 30.7 Å². The van der Waals surface area contributed by atoms with E-state index in [1.54, 1.807) is 0 Å². The summed E-state index contributed by atoms with van der Waals surface area (Å²) in [5.41, 5.74) is 2.52. The molecule has 4 heteroatoms. The van der Waals surface area contributed by atoms with Crippen LogP contribution in [0, 0.1) is 18.3 Å². The van der Waals surface area contributed by atoms with Gasteiger partial charge in [-0.05, 0) is 40.5 Å². The van der Waals surface area contributed by atoms with E-state index in [1.165, 1.54) is 11.3 Å². The fourth-order valence-electron chi connectivity index (χ4n) is 2.12. The van der Waals surface area contributed by atoms with Crippen molar-refractivity contribution in [2.24, 2.45) is 0 Å². The Morgan fingerprint density at radius 3 is 2.59 bits per heavy atom. The standard InChI is InChI=1S/C13H16BrN3/c1-11-2-3-13(12(14)10-11)17-8-6-16(5-4-15)7-9-17/h2-3,10H,5-9H2,1H3. The molecule has 0 unspecified atom stereocenters. The van der Waals surface area contributed by atoms with E-state index in [0.717, 1.165) is 30.7 Å². The SMILES string of the molecule is Cc1ccc(N2CCN(CC#N)CC2)c(Br)c1. The van der Waals surface area contributed by atoms with Gasteiger partial charge >= 0.3 is 0 Å². The highest BCUT2D eigenvalue weighted by Crippen LogP contribution is 2.27. The number of hydrogen-bond donors (Lipinski definition) is 0. The Morgan fingerprint density at radius 1 is 1.29 bits per heavy atom. The number of nitrogens with zero attached hydrogens (tertiary/aromatic N) is 3. The van der Waals surface area contributed by atoms with Crippen molar-refractivity contribution in [2.45, 2.75) is 6.92 Å². The number of anilines is 1. The molecule has 1 fully saturated rings. The molecule has 0 amide bonds. The Bertz CT molecular complexity index is 431. The number of rotatable bonds is 2. The van der Waals surface area contributed by atoms with Crippen molar-refractivity contribution in [3.05, 3.63) is 28.2 Å².